The van der Waals surface area contributed by atoms with Gasteiger partial charge in [0.15, 0.2) is 0 Å². The van der Waals surface area contributed by atoms with Gasteiger partial charge in [-0.1, -0.05) is 63.7 Å². The maximum atomic E-state index is 10.3. The van der Waals surface area contributed by atoms with E-state index in [0.717, 1.165) is 11.3 Å². The fourth-order valence-corrected chi connectivity index (χ4v) is 4.55. The number of hydrogen-bond donors (Lipinski definition) is 1. The topological polar surface area (TPSA) is 57.4 Å². The molecule has 6 nitrogen and oxygen atoms in total. The summed E-state index contributed by atoms with van der Waals surface area (Å²) in [6.07, 6.45) is 4.15. The van der Waals surface area contributed by atoms with Crippen molar-refractivity contribution < 1.29 is 26.2 Å². The molecular formula is C30H31N5OPt. The van der Waals surface area contributed by atoms with Crippen molar-refractivity contribution in [3.63, 3.8) is 0 Å². The molecule has 5 rings (SSSR count). The number of aryl methyl sites for hydroxylation is 1. The predicted molar refractivity (Wildman–Crippen MR) is 145 cm³/mol. The van der Waals surface area contributed by atoms with Crippen LogP contribution < -0.4 is 9.80 Å². The number of para-hydroxylation sites is 3. The molecule has 0 spiro atoms. The molecule has 37 heavy (non-hydrogen) atoms. The molecule has 1 aromatic heterocycles. The molecule has 0 amide bonds. The number of benzene rings is 3. The third kappa shape index (κ3) is 5.21. The van der Waals surface area contributed by atoms with E-state index in [-0.39, 0.29) is 26.8 Å². The van der Waals surface area contributed by atoms with Gasteiger partial charge in [0.2, 0.25) is 0 Å². The molecule has 0 saturated carbocycles. The summed E-state index contributed by atoms with van der Waals surface area (Å²) < 4.78 is 1.66. The second-order valence-electron chi connectivity index (χ2n) is 9.66. The zero-order chi connectivity index (χ0) is 25.4. The number of aromatic nitrogens is 3. The third-order valence-corrected chi connectivity index (χ3v) is 6.41. The second kappa shape index (κ2) is 10.9. The summed E-state index contributed by atoms with van der Waals surface area (Å²) in [6.45, 7) is 12.9. The summed E-state index contributed by atoms with van der Waals surface area (Å²) in [5.74, 6) is 2.24. The first kappa shape index (κ1) is 26.7. The van der Waals surface area contributed by atoms with Gasteiger partial charge >= 0.3 is 21.1 Å². The summed E-state index contributed by atoms with van der Waals surface area (Å²) in [7, 11) is 0. The number of rotatable bonds is 6. The van der Waals surface area contributed by atoms with Gasteiger partial charge in [-0.2, -0.15) is 5.10 Å². The Hall–Kier alpha value is -3.37. The monoisotopic (exact) mass is 672 g/mol. The van der Waals surface area contributed by atoms with Crippen molar-refractivity contribution in [3.05, 3.63) is 103 Å². The van der Waals surface area contributed by atoms with Gasteiger partial charge in [-0.15, -0.1) is 36.5 Å². The molecule has 2 heterocycles. The van der Waals surface area contributed by atoms with Crippen LogP contribution in [-0.2, 0) is 21.1 Å². The van der Waals surface area contributed by atoms with Crippen LogP contribution >= 0.6 is 0 Å². The van der Waals surface area contributed by atoms with Crippen LogP contribution in [0.15, 0.2) is 73.1 Å². The Morgan fingerprint density at radius 3 is 2.16 bits per heavy atom. The number of aromatic hydroxyl groups is 1. The molecule has 0 bridgehead atoms. The summed E-state index contributed by atoms with van der Waals surface area (Å²) in [4.78, 5) is 8.92. The van der Waals surface area contributed by atoms with Gasteiger partial charge in [-0.25, -0.2) is 4.68 Å². The minimum atomic E-state index is 0. The first-order valence-corrected chi connectivity index (χ1v) is 12.3. The van der Waals surface area contributed by atoms with Crippen molar-refractivity contribution >= 4 is 11.4 Å². The minimum Gasteiger partial charge on any atom is -0.506 e. The zero-order valence-electron chi connectivity index (χ0n) is 21.7. The summed E-state index contributed by atoms with van der Waals surface area (Å²) in [6, 6.07) is 23.2. The first-order chi connectivity index (χ1) is 17.3. The Bertz CT molecular complexity index is 1400. The average molecular weight is 673 g/mol. The SMILES string of the molecule is Cc1nc(-c2[c-]c(N3C=CN(c4c(C(C)C)cccc4C(C)C)[CH-]3)ccc2)nn1-c1ccccc1O.[Pt+2]. The van der Waals surface area contributed by atoms with Crippen LogP contribution in [0.5, 0.6) is 5.75 Å². The molecule has 192 valence electrons. The van der Waals surface area contributed by atoms with Crippen LogP contribution in [0.3, 0.4) is 0 Å². The van der Waals surface area contributed by atoms with Gasteiger partial charge in [0.05, 0.1) is 5.82 Å². The van der Waals surface area contributed by atoms with Crippen LogP contribution in [0, 0.1) is 19.7 Å². The van der Waals surface area contributed by atoms with E-state index in [1.54, 1.807) is 16.8 Å². The predicted octanol–water partition coefficient (Wildman–Crippen LogP) is 6.91. The number of anilines is 2. The molecule has 0 aliphatic carbocycles. The smallest absolute Gasteiger partial charge is 0.506 e. The molecule has 1 N–H and O–H groups in total. The molecule has 4 aromatic rings. The molecule has 3 aromatic carbocycles. The molecule has 0 saturated heterocycles. The standard InChI is InChI=1S/C30H31N5O.Pt/c1-20(2)25-12-9-13-26(21(3)4)29(25)34-17-16-33(19-34)24-11-8-10-23(18-24)30-31-22(5)35(32-30)27-14-6-7-15-28(27)36;/h6-17,19-21,36H,1-5H3;/q-2;+2. The van der Waals surface area contributed by atoms with Crippen LogP contribution in [0.25, 0.3) is 17.1 Å². The fourth-order valence-electron chi connectivity index (χ4n) is 4.55. The fraction of sp³-hybridized carbons (Fsp3) is 0.233. The Morgan fingerprint density at radius 1 is 0.838 bits per heavy atom. The van der Waals surface area contributed by atoms with E-state index in [1.165, 1.54) is 16.8 Å². The molecule has 7 heteroatoms. The molecule has 0 atom stereocenters. The molecular weight excluding hydrogens is 641 g/mol. The maximum Gasteiger partial charge on any atom is 2.00 e. The van der Waals surface area contributed by atoms with Gasteiger partial charge in [0.1, 0.15) is 17.3 Å². The summed E-state index contributed by atoms with van der Waals surface area (Å²) in [5.41, 5.74) is 6.19. The van der Waals surface area contributed by atoms with Crippen LogP contribution in [-0.4, -0.2) is 19.9 Å². The normalized spacial score (nSPS) is 13.1. The van der Waals surface area contributed by atoms with E-state index < -0.39 is 0 Å². The number of phenolic OH excluding ortho intramolecular Hbond substituents is 1. The molecule has 0 fully saturated rings. The largest absolute Gasteiger partial charge is 2.00 e. The minimum absolute atomic E-state index is 0. The Kier molecular flexibility index (Phi) is 7.89. The van der Waals surface area contributed by atoms with Gasteiger partial charge in [0.25, 0.3) is 0 Å². The van der Waals surface area contributed by atoms with E-state index in [9.17, 15) is 5.11 Å². The Balaban J connectivity index is 0.00000320. The average Bonchev–Trinajstić information content (AvgIpc) is 3.51. The van der Waals surface area contributed by atoms with Gasteiger partial charge in [0, 0.05) is 5.69 Å². The quantitative estimate of drug-likeness (QED) is 0.226. The molecule has 1 aliphatic rings. The van der Waals surface area contributed by atoms with Crippen LogP contribution in [0.4, 0.5) is 11.4 Å². The first-order valence-electron chi connectivity index (χ1n) is 12.3. The van der Waals surface area contributed by atoms with Crippen molar-refractivity contribution in [2.45, 2.75) is 46.5 Å². The zero-order valence-corrected chi connectivity index (χ0v) is 23.9. The van der Waals surface area contributed by atoms with Crippen LogP contribution in [0.1, 0.15) is 56.5 Å². The van der Waals surface area contributed by atoms with Crippen LogP contribution in [0.2, 0.25) is 0 Å². The van der Waals surface area contributed by atoms with Crippen molar-refractivity contribution in [2.24, 2.45) is 0 Å². The van der Waals surface area contributed by atoms with E-state index in [1.807, 2.05) is 37.3 Å². The van der Waals surface area contributed by atoms with Crippen molar-refractivity contribution in [1.29, 1.82) is 0 Å². The van der Waals surface area contributed by atoms with Crippen molar-refractivity contribution in [1.82, 2.24) is 14.8 Å². The summed E-state index contributed by atoms with van der Waals surface area (Å²) >= 11 is 0. The van der Waals surface area contributed by atoms with E-state index in [0.29, 0.717) is 29.2 Å². The van der Waals surface area contributed by atoms with E-state index in [2.05, 4.69) is 90.9 Å². The molecule has 0 radical (unpaired) electrons. The number of phenols is 1. The molecule has 1 aliphatic heterocycles. The van der Waals surface area contributed by atoms with E-state index >= 15 is 0 Å². The van der Waals surface area contributed by atoms with E-state index in [4.69, 9.17) is 0 Å². The van der Waals surface area contributed by atoms with Crippen molar-refractivity contribution in [3.8, 4) is 22.8 Å². The van der Waals surface area contributed by atoms with Gasteiger partial charge < -0.3 is 14.9 Å². The van der Waals surface area contributed by atoms with Crippen molar-refractivity contribution in [2.75, 3.05) is 9.80 Å². The van der Waals surface area contributed by atoms with Gasteiger partial charge in [-0.05, 0) is 54.4 Å². The second-order valence-corrected chi connectivity index (χ2v) is 9.66. The number of hydrogen-bond acceptors (Lipinski definition) is 5. The summed E-state index contributed by atoms with van der Waals surface area (Å²) in [5, 5.41) is 14.9. The Morgan fingerprint density at radius 2 is 1.49 bits per heavy atom. The van der Waals surface area contributed by atoms with Gasteiger partial charge in [-0.3, -0.25) is 4.98 Å². The maximum absolute atomic E-state index is 10.3. The Labute approximate surface area is 233 Å². The third-order valence-electron chi connectivity index (χ3n) is 6.41. The molecule has 0 unspecified atom stereocenters. The number of nitrogens with zero attached hydrogens (tertiary/aromatic N) is 5.